The molecule has 0 aromatic heterocycles. The second-order valence-corrected chi connectivity index (χ2v) is 3.91. The monoisotopic (exact) mass is 190 g/mol. The lowest BCUT2D eigenvalue weighted by molar-refractivity contribution is 1.28. The van der Waals surface area contributed by atoms with E-state index in [0.717, 1.165) is 6.42 Å². The summed E-state index contributed by atoms with van der Waals surface area (Å²) >= 11 is 1.78. The third-order valence-electron chi connectivity index (χ3n) is 1.78. The van der Waals surface area contributed by atoms with Crippen molar-refractivity contribution >= 4 is 11.8 Å². The summed E-state index contributed by atoms with van der Waals surface area (Å²) in [4.78, 5) is 2.62. The molecule has 1 aliphatic heterocycles. The lowest BCUT2D eigenvalue weighted by atomic mass is 10.1. The molecule has 0 bridgehead atoms. The van der Waals surface area contributed by atoms with E-state index in [9.17, 15) is 0 Å². The summed E-state index contributed by atoms with van der Waals surface area (Å²) in [5.41, 5.74) is 1.36. The maximum Gasteiger partial charge on any atom is 0.0148 e. The molecule has 1 rings (SSSR count). The van der Waals surface area contributed by atoms with Crippen LogP contribution in [0.3, 0.4) is 0 Å². The summed E-state index contributed by atoms with van der Waals surface area (Å²) in [7, 11) is 0. The Morgan fingerprint density at radius 2 is 2.15 bits per heavy atom. The second kappa shape index (κ2) is 4.93. The molecule has 1 heterocycles. The van der Waals surface area contributed by atoms with E-state index in [2.05, 4.69) is 31.4 Å². The summed E-state index contributed by atoms with van der Waals surface area (Å²) in [6, 6.07) is 0. The molecule has 68 valence electrons. The Morgan fingerprint density at radius 3 is 2.69 bits per heavy atom. The van der Waals surface area contributed by atoms with Crippen LogP contribution in [0, 0.1) is 0 Å². The molecule has 0 atom stereocenters. The van der Waals surface area contributed by atoms with Crippen molar-refractivity contribution in [3.8, 4) is 0 Å². The van der Waals surface area contributed by atoms with E-state index in [1.165, 1.54) is 15.4 Å². The van der Waals surface area contributed by atoms with E-state index < -0.39 is 0 Å². The lowest BCUT2D eigenvalue weighted by Crippen LogP contribution is -1.73. The highest BCUT2D eigenvalue weighted by Gasteiger charge is 2.14. The van der Waals surface area contributed by atoms with Crippen LogP contribution in [-0.2, 0) is 0 Å². The van der Waals surface area contributed by atoms with Crippen LogP contribution < -0.4 is 0 Å². The van der Waals surface area contributed by atoms with E-state index in [1.807, 2.05) is 19.1 Å². The molecular formula is C12H14S. The van der Waals surface area contributed by atoms with E-state index in [-0.39, 0.29) is 0 Å². The summed E-state index contributed by atoms with van der Waals surface area (Å²) < 4.78 is 0. The van der Waals surface area contributed by atoms with Crippen LogP contribution >= 0.6 is 11.8 Å². The van der Waals surface area contributed by atoms with E-state index in [0.29, 0.717) is 0 Å². The molecule has 0 saturated heterocycles. The normalized spacial score (nSPS) is 20.2. The zero-order valence-electron chi connectivity index (χ0n) is 7.92. The summed E-state index contributed by atoms with van der Waals surface area (Å²) in [5, 5.41) is 0. The topological polar surface area (TPSA) is 0 Å². The number of hydrogen-bond acceptors (Lipinski definition) is 1. The van der Waals surface area contributed by atoms with Crippen molar-refractivity contribution < 1.29 is 0 Å². The molecule has 0 aromatic carbocycles. The fourth-order valence-electron chi connectivity index (χ4n) is 1.26. The number of rotatable bonds is 3. The highest BCUT2D eigenvalue weighted by Crippen LogP contribution is 2.41. The molecule has 0 amide bonds. The van der Waals surface area contributed by atoms with E-state index in [1.54, 1.807) is 11.8 Å². The molecule has 1 heteroatoms. The molecule has 0 N–H and O–H groups in total. The Bertz CT molecular complexity index is 303. The lowest BCUT2D eigenvalue weighted by Gasteiger charge is -1.91. The van der Waals surface area contributed by atoms with Crippen LogP contribution in [0.25, 0.3) is 0 Å². The average molecular weight is 190 g/mol. The highest BCUT2D eigenvalue weighted by atomic mass is 32.2. The third kappa shape index (κ3) is 2.49. The van der Waals surface area contributed by atoms with Crippen molar-refractivity contribution in [2.24, 2.45) is 0 Å². The van der Waals surface area contributed by atoms with E-state index >= 15 is 0 Å². The number of thioether (sulfide) groups is 1. The summed E-state index contributed by atoms with van der Waals surface area (Å²) in [6.45, 7) is 9.53. The molecule has 0 aliphatic carbocycles. The zero-order chi connectivity index (χ0) is 9.68. The largest absolute Gasteiger partial charge is 0.0990 e. The molecule has 13 heavy (non-hydrogen) atoms. The van der Waals surface area contributed by atoms with Crippen LogP contribution in [0.2, 0.25) is 0 Å². The van der Waals surface area contributed by atoms with Crippen molar-refractivity contribution in [2.45, 2.75) is 13.3 Å². The standard InChI is InChI=1S/C12H14S/c1-4-7-10-9-11(8-5-2)13-12(10)6-3/h4-8H,2-3,9H2,1H3/b7-4-,11-8+. The molecule has 1 aliphatic rings. The molecule has 0 aromatic rings. The van der Waals surface area contributed by atoms with Gasteiger partial charge in [-0.05, 0) is 17.4 Å². The molecule has 0 radical (unpaired) electrons. The highest BCUT2D eigenvalue weighted by molar-refractivity contribution is 8.07. The van der Waals surface area contributed by atoms with Crippen LogP contribution in [0.4, 0.5) is 0 Å². The van der Waals surface area contributed by atoms with Gasteiger partial charge in [-0.15, -0.1) is 0 Å². The van der Waals surface area contributed by atoms with Gasteiger partial charge < -0.3 is 0 Å². The first-order valence-corrected chi connectivity index (χ1v) is 5.11. The van der Waals surface area contributed by atoms with Crippen molar-refractivity contribution in [1.29, 1.82) is 0 Å². The van der Waals surface area contributed by atoms with Crippen LogP contribution in [0.15, 0.2) is 58.9 Å². The van der Waals surface area contributed by atoms with Crippen molar-refractivity contribution in [1.82, 2.24) is 0 Å². The predicted molar refractivity (Wildman–Crippen MR) is 62.5 cm³/mol. The summed E-state index contributed by atoms with van der Waals surface area (Å²) in [5.74, 6) is 0. The van der Waals surface area contributed by atoms with Crippen molar-refractivity contribution in [3.05, 3.63) is 58.9 Å². The SMILES string of the molecule is C=C/C=C1\CC(/C=C\C)=C(C=C)S1. The minimum absolute atomic E-state index is 1.02. The van der Waals surface area contributed by atoms with Crippen LogP contribution in [0.1, 0.15) is 13.3 Å². The first-order valence-electron chi connectivity index (χ1n) is 4.29. The molecule has 0 nitrogen and oxygen atoms in total. The van der Waals surface area contributed by atoms with Gasteiger partial charge in [0.2, 0.25) is 0 Å². The van der Waals surface area contributed by atoms with Crippen LogP contribution in [0.5, 0.6) is 0 Å². The van der Waals surface area contributed by atoms with Gasteiger partial charge >= 0.3 is 0 Å². The van der Waals surface area contributed by atoms with Crippen LogP contribution in [-0.4, -0.2) is 0 Å². The molecule has 0 spiro atoms. The van der Waals surface area contributed by atoms with Gasteiger partial charge in [-0.25, -0.2) is 0 Å². The zero-order valence-corrected chi connectivity index (χ0v) is 8.73. The smallest absolute Gasteiger partial charge is 0.0148 e. The maximum atomic E-state index is 3.80. The third-order valence-corrected chi connectivity index (χ3v) is 2.97. The van der Waals surface area contributed by atoms with Gasteiger partial charge in [-0.2, -0.15) is 0 Å². The quantitative estimate of drug-likeness (QED) is 0.642. The summed E-state index contributed by atoms with van der Waals surface area (Å²) in [6.07, 6.45) is 11.0. The molecule has 0 unspecified atom stereocenters. The first-order chi connectivity index (χ1) is 6.31. The molecular weight excluding hydrogens is 176 g/mol. The van der Waals surface area contributed by atoms with Crippen molar-refractivity contribution in [3.63, 3.8) is 0 Å². The van der Waals surface area contributed by atoms with Gasteiger partial charge in [0.15, 0.2) is 0 Å². The fourth-order valence-corrected chi connectivity index (χ4v) is 2.29. The minimum Gasteiger partial charge on any atom is -0.0990 e. The van der Waals surface area contributed by atoms with Crippen molar-refractivity contribution in [2.75, 3.05) is 0 Å². The van der Waals surface area contributed by atoms with Gasteiger partial charge in [0.1, 0.15) is 0 Å². The Labute approximate surface area is 84.4 Å². The van der Waals surface area contributed by atoms with E-state index in [4.69, 9.17) is 0 Å². The maximum absolute atomic E-state index is 3.80. The Hall–Kier alpha value is -0.950. The molecule has 0 saturated carbocycles. The van der Waals surface area contributed by atoms with Gasteiger partial charge in [0.25, 0.3) is 0 Å². The molecule has 0 fully saturated rings. The van der Waals surface area contributed by atoms with Gasteiger partial charge in [-0.3, -0.25) is 0 Å². The first kappa shape index (κ1) is 10.1. The van der Waals surface area contributed by atoms with Gasteiger partial charge in [0.05, 0.1) is 0 Å². The Morgan fingerprint density at radius 1 is 1.38 bits per heavy atom. The Balaban J connectivity index is 2.85. The number of hydrogen-bond donors (Lipinski definition) is 0. The van der Waals surface area contributed by atoms with Gasteiger partial charge in [0, 0.05) is 11.3 Å². The fraction of sp³-hybridized carbons (Fsp3) is 0.167. The number of allylic oxidation sites excluding steroid dienone is 7. The average Bonchev–Trinajstić information content (AvgIpc) is 2.49. The second-order valence-electron chi connectivity index (χ2n) is 2.74. The predicted octanol–water partition coefficient (Wildman–Crippen LogP) is 4.21. The minimum atomic E-state index is 1.02. The Kier molecular flexibility index (Phi) is 3.84. The van der Waals surface area contributed by atoms with Gasteiger partial charge in [-0.1, -0.05) is 55.3 Å².